The fourth-order valence-corrected chi connectivity index (χ4v) is 7.94. The Morgan fingerprint density at radius 2 is 0.763 bits per heavy atom. The zero-order valence-electron chi connectivity index (χ0n) is 36.3. The SMILES string of the molecule is C=C(C)C(=O)Oc1c(CC)c(OCC)c(C2(c3c(OCC)c(CC)c(OC(=O)C(=C)C)c(OCC)c3OCC)c3ccccc3-c3ccccc32)c(OCC)c1OCC. The number of esters is 2. The highest BCUT2D eigenvalue weighted by Crippen LogP contribution is 2.68. The van der Waals surface area contributed by atoms with Crippen molar-refractivity contribution in [3.05, 3.63) is 106 Å². The van der Waals surface area contributed by atoms with Gasteiger partial charge in [0.1, 0.15) is 11.5 Å². The minimum absolute atomic E-state index is 0.189. The first-order valence-electron chi connectivity index (χ1n) is 20.7. The van der Waals surface area contributed by atoms with E-state index >= 15 is 0 Å². The van der Waals surface area contributed by atoms with Crippen LogP contribution in [0.5, 0.6) is 46.0 Å². The number of rotatable bonds is 20. The topological polar surface area (TPSA) is 108 Å². The van der Waals surface area contributed by atoms with Gasteiger partial charge < -0.3 is 37.9 Å². The van der Waals surface area contributed by atoms with Gasteiger partial charge in [0, 0.05) is 22.3 Å². The van der Waals surface area contributed by atoms with Crippen molar-refractivity contribution in [2.45, 2.75) is 87.5 Å². The second-order valence-corrected chi connectivity index (χ2v) is 13.8. The first-order chi connectivity index (χ1) is 28.5. The van der Waals surface area contributed by atoms with Gasteiger partial charge in [-0.15, -0.1) is 0 Å². The van der Waals surface area contributed by atoms with Crippen LogP contribution in [0.25, 0.3) is 11.1 Å². The number of ether oxygens (including phenoxy) is 8. The molecule has 0 atom stereocenters. The van der Waals surface area contributed by atoms with Gasteiger partial charge in [0.15, 0.2) is 23.0 Å². The van der Waals surface area contributed by atoms with Gasteiger partial charge in [-0.2, -0.15) is 0 Å². The monoisotopic (exact) mass is 806 g/mol. The Balaban J connectivity index is 2.25. The third-order valence-corrected chi connectivity index (χ3v) is 10.1. The van der Waals surface area contributed by atoms with Gasteiger partial charge in [-0.05, 0) is 90.5 Å². The van der Waals surface area contributed by atoms with Crippen LogP contribution < -0.4 is 37.9 Å². The van der Waals surface area contributed by atoms with Gasteiger partial charge in [-0.3, -0.25) is 0 Å². The van der Waals surface area contributed by atoms with E-state index in [4.69, 9.17) is 37.9 Å². The van der Waals surface area contributed by atoms with Crippen LogP contribution in [0.2, 0.25) is 0 Å². The van der Waals surface area contributed by atoms with Crippen LogP contribution in [-0.2, 0) is 27.8 Å². The highest BCUT2D eigenvalue weighted by molar-refractivity contribution is 5.94. The van der Waals surface area contributed by atoms with Crippen molar-refractivity contribution in [3.63, 3.8) is 0 Å². The maximum atomic E-state index is 13.4. The fraction of sp³-hybridized carbons (Fsp3) is 0.388. The first kappa shape index (κ1) is 44.2. The summed E-state index contributed by atoms with van der Waals surface area (Å²) < 4.78 is 52.8. The summed E-state index contributed by atoms with van der Waals surface area (Å²) in [7, 11) is 0. The Bertz CT molecular complexity index is 2080. The zero-order chi connectivity index (χ0) is 43.0. The lowest BCUT2D eigenvalue weighted by atomic mass is 9.65. The summed E-state index contributed by atoms with van der Waals surface area (Å²) in [5, 5.41) is 0. The van der Waals surface area contributed by atoms with E-state index in [1.807, 2.05) is 79.7 Å². The van der Waals surface area contributed by atoms with Crippen molar-refractivity contribution in [1.29, 1.82) is 0 Å². The summed E-state index contributed by atoms with van der Waals surface area (Å²) in [6.45, 7) is 27.6. The molecule has 5 rings (SSSR count). The molecule has 0 aliphatic heterocycles. The van der Waals surface area contributed by atoms with Gasteiger partial charge >= 0.3 is 11.9 Å². The highest BCUT2D eigenvalue weighted by atomic mass is 16.6. The molecular formula is C49H58O10. The Morgan fingerprint density at radius 3 is 1.07 bits per heavy atom. The summed E-state index contributed by atoms with van der Waals surface area (Å²) in [5.41, 5.74) is 5.10. The van der Waals surface area contributed by atoms with Crippen molar-refractivity contribution in [2.24, 2.45) is 0 Å². The number of hydrogen-bond acceptors (Lipinski definition) is 10. The minimum atomic E-state index is -1.36. The van der Waals surface area contributed by atoms with Gasteiger partial charge in [-0.25, -0.2) is 9.59 Å². The Kier molecular flexibility index (Phi) is 14.4. The standard InChI is InChI=1S/C49H58O10/c1-13-31-39(52-15-3)37(43(54-17-5)45(56-19-7)41(31)58-47(50)29(9)10)49(35-27-23-21-25-33(35)34-26-22-24-28-36(34)49)38-40(53-16-4)32(14-2)42(59-48(51)30(11)12)46(57-20-8)44(38)55-18-6/h21-28H,9,11,13-20H2,1-8,10,12H3. The average molecular weight is 807 g/mol. The van der Waals surface area contributed by atoms with Crippen LogP contribution in [0, 0.1) is 0 Å². The van der Waals surface area contributed by atoms with Crippen LogP contribution >= 0.6 is 0 Å². The predicted octanol–water partition coefficient (Wildman–Crippen LogP) is 10.5. The molecule has 0 N–H and O–H groups in total. The largest absolute Gasteiger partial charge is 0.493 e. The summed E-state index contributed by atoms with van der Waals surface area (Å²) in [5.74, 6) is 1.13. The Morgan fingerprint density at radius 1 is 0.458 bits per heavy atom. The third kappa shape index (κ3) is 7.73. The molecule has 0 bridgehead atoms. The lowest BCUT2D eigenvalue weighted by Gasteiger charge is -2.40. The van der Waals surface area contributed by atoms with E-state index in [-0.39, 0.29) is 73.8 Å². The summed E-state index contributed by atoms with van der Waals surface area (Å²) in [6, 6.07) is 16.4. The maximum Gasteiger partial charge on any atom is 0.338 e. The summed E-state index contributed by atoms with van der Waals surface area (Å²) in [4.78, 5) is 26.9. The van der Waals surface area contributed by atoms with E-state index in [1.165, 1.54) is 0 Å². The number of fused-ring (bicyclic) bond motifs is 3. The van der Waals surface area contributed by atoms with Gasteiger partial charge in [0.25, 0.3) is 0 Å². The molecule has 10 heteroatoms. The zero-order valence-corrected chi connectivity index (χ0v) is 36.3. The lowest BCUT2D eigenvalue weighted by molar-refractivity contribution is -0.131. The van der Waals surface area contributed by atoms with Gasteiger partial charge in [0.2, 0.25) is 11.5 Å². The smallest absolute Gasteiger partial charge is 0.338 e. The van der Waals surface area contributed by atoms with Crippen LogP contribution in [0.3, 0.4) is 0 Å². The van der Waals surface area contributed by atoms with E-state index in [9.17, 15) is 9.59 Å². The van der Waals surface area contributed by atoms with Gasteiger partial charge in [0.05, 0.1) is 56.2 Å². The minimum Gasteiger partial charge on any atom is -0.493 e. The second kappa shape index (κ2) is 19.2. The molecule has 0 spiro atoms. The molecule has 0 amide bonds. The van der Waals surface area contributed by atoms with Crippen LogP contribution in [0.1, 0.15) is 103 Å². The van der Waals surface area contributed by atoms with E-state index in [0.717, 1.165) is 22.3 Å². The number of hydrogen-bond donors (Lipinski definition) is 0. The van der Waals surface area contributed by atoms with Crippen molar-refractivity contribution in [1.82, 2.24) is 0 Å². The van der Waals surface area contributed by atoms with E-state index in [1.54, 1.807) is 13.8 Å². The van der Waals surface area contributed by atoms with Crippen molar-refractivity contribution < 1.29 is 47.5 Å². The highest BCUT2D eigenvalue weighted by Gasteiger charge is 2.55. The summed E-state index contributed by atoms with van der Waals surface area (Å²) >= 11 is 0. The van der Waals surface area contributed by atoms with Crippen LogP contribution in [0.4, 0.5) is 0 Å². The molecule has 1 aliphatic rings. The average Bonchev–Trinajstić information content (AvgIpc) is 3.51. The van der Waals surface area contributed by atoms with Crippen molar-refractivity contribution >= 4 is 11.9 Å². The third-order valence-electron chi connectivity index (χ3n) is 10.1. The maximum absolute atomic E-state index is 13.4. The molecule has 0 aromatic heterocycles. The van der Waals surface area contributed by atoms with E-state index < -0.39 is 17.4 Å². The fourth-order valence-electron chi connectivity index (χ4n) is 7.94. The molecule has 4 aromatic rings. The van der Waals surface area contributed by atoms with Crippen molar-refractivity contribution in [3.8, 4) is 57.1 Å². The Hall–Kier alpha value is -5.90. The molecule has 0 saturated carbocycles. The van der Waals surface area contributed by atoms with E-state index in [2.05, 4.69) is 37.4 Å². The number of carbonyl (C=O) groups is 2. The molecule has 0 radical (unpaired) electrons. The summed E-state index contributed by atoms with van der Waals surface area (Å²) in [6.07, 6.45) is 0.758. The van der Waals surface area contributed by atoms with E-state index in [0.29, 0.717) is 58.1 Å². The normalized spacial score (nSPS) is 12.2. The molecule has 10 nitrogen and oxygen atoms in total. The molecule has 0 heterocycles. The second-order valence-electron chi connectivity index (χ2n) is 13.8. The predicted molar refractivity (Wildman–Crippen MR) is 230 cm³/mol. The molecule has 0 saturated heterocycles. The van der Waals surface area contributed by atoms with Gasteiger partial charge in [-0.1, -0.05) is 75.5 Å². The number of benzene rings is 4. The molecule has 4 aromatic carbocycles. The molecule has 0 fully saturated rings. The van der Waals surface area contributed by atoms with Crippen LogP contribution in [-0.4, -0.2) is 51.6 Å². The Labute approximate surface area is 349 Å². The quantitative estimate of drug-likeness (QED) is 0.0428. The van der Waals surface area contributed by atoms with Crippen molar-refractivity contribution in [2.75, 3.05) is 39.6 Å². The molecular weight excluding hydrogens is 749 g/mol. The molecule has 0 unspecified atom stereocenters. The molecule has 59 heavy (non-hydrogen) atoms. The molecule has 1 aliphatic carbocycles. The number of carbonyl (C=O) groups excluding carboxylic acids is 2. The molecule has 314 valence electrons. The lowest BCUT2D eigenvalue weighted by Crippen LogP contribution is -2.33. The first-order valence-corrected chi connectivity index (χ1v) is 20.7. The van der Waals surface area contributed by atoms with Crippen LogP contribution in [0.15, 0.2) is 72.8 Å².